The summed E-state index contributed by atoms with van der Waals surface area (Å²) < 4.78 is 0. The molecule has 0 aliphatic rings. The van der Waals surface area contributed by atoms with Gasteiger partial charge in [0.1, 0.15) is 17.3 Å². The fourth-order valence-electron chi connectivity index (χ4n) is 3.22. The van der Waals surface area contributed by atoms with E-state index in [1.165, 1.54) is 5.56 Å². The van der Waals surface area contributed by atoms with Gasteiger partial charge in [-0.2, -0.15) is 0 Å². The van der Waals surface area contributed by atoms with Crippen LogP contribution in [0.5, 0.6) is 0 Å². The van der Waals surface area contributed by atoms with Crippen LogP contribution in [0, 0.1) is 6.92 Å². The lowest BCUT2D eigenvalue weighted by molar-refractivity contribution is 0.0934. The summed E-state index contributed by atoms with van der Waals surface area (Å²) in [6, 6.07) is 22.1. The Balaban J connectivity index is 1.83. The van der Waals surface area contributed by atoms with Crippen molar-refractivity contribution in [3.05, 3.63) is 89.4 Å². The first-order chi connectivity index (χ1) is 13.9. The van der Waals surface area contributed by atoms with Crippen molar-refractivity contribution in [3.63, 3.8) is 0 Å². The van der Waals surface area contributed by atoms with Gasteiger partial charge in [-0.3, -0.25) is 4.79 Å². The molecule has 1 unspecified atom stereocenters. The van der Waals surface area contributed by atoms with E-state index in [1.807, 2.05) is 62.4 Å². The highest BCUT2D eigenvalue weighted by molar-refractivity contribution is 5.93. The minimum atomic E-state index is -0.198. The van der Waals surface area contributed by atoms with Gasteiger partial charge in [0, 0.05) is 18.7 Å². The van der Waals surface area contributed by atoms with Crippen LogP contribution in [-0.2, 0) is 6.54 Å². The van der Waals surface area contributed by atoms with Gasteiger partial charge in [-0.1, -0.05) is 60.7 Å². The Bertz CT molecular complexity index is 942. The number of anilines is 1. The number of carbonyl (C=O) groups is 1. The average molecular weight is 389 g/mol. The number of nitrogens with zero attached hydrogens (tertiary/aromatic N) is 3. The first-order valence-electron chi connectivity index (χ1n) is 9.96. The molecule has 2 aromatic carbocycles. The number of aromatic nitrogens is 2. The summed E-state index contributed by atoms with van der Waals surface area (Å²) in [7, 11) is 0. The minimum Gasteiger partial charge on any atom is -0.350 e. The Morgan fingerprint density at radius 3 is 2.21 bits per heavy atom. The molecule has 150 valence electrons. The van der Waals surface area contributed by atoms with Crippen LogP contribution < -0.4 is 10.2 Å². The lowest BCUT2D eigenvalue weighted by atomic mass is 10.1. The third kappa shape index (κ3) is 5.41. The predicted molar refractivity (Wildman–Crippen MR) is 117 cm³/mol. The van der Waals surface area contributed by atoms with E-state index in [0.717, 1.165) is 17.9 Å². The normalized spacial score (nSPS) is 11.9. The number of benzene rings is 2. The number of aryl methyl sites for hydroxylation is 1. The van der Waals surface area contributed by atoms with Gasteiger partial charge in [-0.15, -0.1) is 0 Å². The summed E-state index contributed by atoms with van der Waals surface area (Å²) in [4.78, 5) is 24.0. The van der Waals surface area contributed by atoms with E-state index in [4.69, 9.17) is 0 Å². The molecule has 1 atom stereocenters. The summed E-state index contributed by atoms with van der Waals surface area (Å²) in [5.41, 5.74) is 2.63. The highest BCUT2D eigenvalue weighted by Gasteiger charge is 2.18. The number of hydrogen-bond donors (Lipinski definition) is 1. The monoisotopic (exact) mass is 388 g/mol. The molecule has 0 radical (unpaired) electrons. The highest BCUT2D eigenvalue weighted by Crippen LogP contribution is 2.20. The molecule has 3 rings (SSSR count). The van der Waals surface area contributed by atoms with Crippen molar-refractivity contribution in [3.8, 4) is 0 Å². The van der Waals surface area contributed by atoms with Gasteiger partial charge in [0.2, 0.25) is 0 Å². The molecule has 0 aliphatic heterocycles. The third-order valence-corrected chi connectivity index (χ3v) is 4.82. The van der Waals surface area contributed by atoms with Crippen LogP contribution in [0.1, 0.15) is 54.3 Å². The van der Waals surface area contributed by atoms with Crippen molar-refractivity contribution < 1.29 is 4.79 Å². The quantitative estimate of drug-likeness (QED) is 0.638. The SMILES string of the molecule is Cc1nc(C(=O)NC(C)c2ccccc2)cc(N(Cc2ccccc2)C(C)C)n1. The molecule has 3 aromatic rings. The van der Waals surface area contributed by atoms with Crippen LogP contribution in [0.4, 0.5) is 5.82 Å². The first-order valence-corrected chi connectivity index (χ1v) is 9.96. The molecule has 0 bridgehead atoms. The molecule has 0 fully saturated rings. The van der Waals surface area contributed by atoms with Gasteiger partial charge >= 0.3 is 0 Å². The highest BCUT2D eigenvalue weighted by atomic mass is 16.1. The molecule has 1 aromatic heterocycles. The molecule has 0 aliphatic carbocycles. The fourth-order valence-corrected chi connectivity index (χ4v) is 3.22. The predicted octanol–water partition coefficient (Wildman–Crippen LogP) is 4.69. The van der Waals surface area contributed by atoms with Gasteiger partial charge in [-0.05, 0) is 38.8 Å². The molecule has 1 heterocycles. The Morgan fingerprint density at radius 2 is 1.59 bits per heavy atom. The third-order valence-electron chi connectivity index (χ3n) is 4.82. The Morgan fingerprint density at radius 1 is 0.966 bits per heavy atom. The second-order valence-corrected chi connectivity index (χ2v) is 7.47. The van der Waals surface area contributed by atoms with Crippen molar-refractivity contribution in [2.45, 2.75) is 46.3 Å². The van der Waals surface area contributed by atoms with Crippen molar-refractivity contribution in [1.29, 1.82) is 0 Å². The average Bonchev–Trinajstić information content (AvgIpc) is 2.72. The first kappa shape index (κ1) is 20.5. The molecule has 0 saturated heterocycles. The van der Waals surface area contributed by atoms with Gasteiger partial charge in [-0.25, -0.2) is 9.97 Å². The van der Waals surface area contributed by atoms with Crippen LogP contribution >= 0.6 is 0 Å². The van der Waals surface area contributed by atoms with E-state index in [0.29, 0.717) is 11.5 Å². The molecule has 0 saturated carbocycles. The Kier molecular flexibility index (Phi) is 6.60. The van der Waals surface area contributed by atoms with Crippen LogP contribution in [-0.4, -0.2) is 21.9 Å². The van der Waals surface area contributed by atoms with E-state index in [2.05, 4.69) is 46.2 Å². The maximum Gasteiger partial charge on any atom is 0.270 e. The van der Waals surface area contributed by atoms with Gasteiger partial charge in [0.15, 0.2) is 0 Å². The van der Waals surface area contributed by atoms with E-state index in [-0.39, 0.29) is 18.0 Å². The summed E-state index contributed by atoms with van der Waals surface area (Å²) in [6.07, 6.45) is 0. The Labute approximate surface area is 172 Å². The number of carbonyl (C=O) groups excluding carboxylic acids is 1. The summed E-state index contributed by atoms with van der Waals surface area (Å²) in [6.45, 7) is 8.76. The zero-order chi connectivity index (χ0) is 20.8. The number of nitrogens with one attached hydrogen (secondary N) is 1. The van der Waals surface area contributed by atoms with Gasteiger partial charge in [0.25, 0.3) is 5.91 Å². The second-order valence-electron chi connectivity index (χ2n) is 7.47. The minimum absolute atomic E-state index is 0.104. The standard InChI is InChI=1S/C24H28N4O/c1-17(2)28(16-20-11-7-5-8-12-20)23-15-22(26-19(4)27-23)24(29)25-18(3)21-13-9-6-10-14-21/h5-15,17-18H,16H2,1-4H3,(H,25,29). The topological polar surface area (TPSA) is 58.1 Å². The summed E-state index contributed by atoms with van der Waals surface area (Å²) in [5.74, 6) is 1.14. The van der Waals surface area contributed by atoms with E-state index in [9.17, 15) is 4.79 Å². The maximum atomic E-state index is 12.9. The molecular weight excluding hydrogens is 360 g/mol. The van der Waals surface area contributed by atoms with Crippen LogP contribution in [0.15, 0.2) is 66.7 Å². The zero-order valence-electron chi connectivity index (χ0n) is 17.5. The smallest absolute Gasteiger partial charge is 0.270 e. The lowest BCUT2D eigenvalue weighted by Gasteiger charge is -2.28. The summed E-state index contributed by atoms with van der Waals surface area (Å²) >= 11 is 0. The zero-order valence-corrected chi connectivity index (χ0v) is 17.5. The largest absolute Gasteiger partial charge is 0.350 e. The van der Waals surface area contributed by atoms with Crippen molar-refractivity contribution in [2.24, 2.45) is 0 Å². The molecule has 1 amide bonds. The Hall–Kier alpha value is -3.21. The number of hydrogen-bond acceptors (Lipinski definition) is 4. The molecule has 1 N–H and O–H groups in total. The lowest BCUT2D eigenvalue weighted by Crippen LogP contribution is -2.32. The number of amides is 1. The van der Waals surface area contributed by atoms with E-state index in [1.54, 1.807) is 6.07 Å². The maximum absolute atomic E-state index is 12.9. The van der Waals surface area contributed by atoms with E-state index < -0.39 is 0 Å². The van der Waals surface area contributed by atoms with Crippen LogP contribution in [0.3, 0.4) is 0 Å². The fraction of sp³-hybridized carbons (Fsp3) is 0.292. The summed E-state index contributed by atoms with van der Waals surface area (Å²) in [5, 5.41) is 3.04. The van der Waals surface area contributed by atoms with Crippen LogP contribution in [0.2, 0.25) is 0 Å². The van der Waals surface area contributed by atoms with E-state index >= 15 is 0 Å². The van der Waals surface area contributed by atoms with Gasteiger partial charge in [0.05, 0.1) is 6.04 Å². The number of rotatable bonds is 7. The molecule has 5 heteroatoms. The molecule has 0 spiro atoms. The van der Waals surface area contributed by atoms with Crippen molar-refractivity contribution in [1.82, 2.24) is 15.3 Å². The molecular formula is C24H28N4O. The molecule has 5 nitrogen and oxygen atoms in total. The van der Waals surface area contributed by atoms with Crippen molar-refractivity contribution in [2.75, 3.05) is 4.90 Å². The second kappa shape index (κ2) is 9.32. The molecule has 29 heavy (non-hydrogen) atoms. The van der Waals surface area contributed by atoms with Crippen LogP contribution in [0.25, 0.3) is 0 Å². The van der Waals surface area contributed by atoms with Crippen molar-refractivity contribution >= 4 is 11.7 Å². The van der Waals surface area contributed by atoms with Gasteiger partial charge < -0.3 is 10.2 Å².